The molecule has 0 nitrogen and oxygen atoms in total. The van der Waals surface area contributed by atoms with Gasteiger partial charge in [-0.25, -0.2) is 0 Å². The first-order chi connectivity index (χ1) is 6.57. The summed E-state index contributed by atoms with van der Waals surface area (Å²) in [5.74, 6) is 0. The maximum absolute atomic E-state index is 2.41. The molecule has 76 valence electrons. The van der Waals surface area contributed by atoms with Crippen LogP contribution in [0.3, 0.4) is 0 Å². The Hall–Kier alpha value is 0.837. The minimum Gasteiger partial charge on any atom is -0.0895 e. The summed E-state index contributed by atoms with van der Waals surface area (Å²) in [5.41, 5.74) is 0. The monoisotopic (exact) mass is 276 g/mol. The Morgan fingerprint density at radius 3 is 2.07 bits per heavy atom. The lowest BCUT2D eigenvalue weighted by molar-refractivity contribution is 1.76. The predicted molar refractivity (Wildman–Crippen MR) is 78.0 cm³/mol. The van der Waals surface area contributed by atoms with Gasteiger partial charge in [0.15, 0.2) is 0 Å². The number of hydrogen-bond acceptors (Lipinski definition) is 4. The predicted octanol–water partition coefficient (Wildman–Crippen LogP) is 5.26. The summed E-state index contributed by atoms with van der Waals surface area (Å²) in [6.45, 7) is 7.23. The molecule has 0 radical (unpaired) electrons. The Bertz CT molecular complexity index is 325. The van der Waals surface area contributed by atoms with E-state index in [9.17, 15) is 0 Å². The Morgan fingerprint density at radius 1 is 0.929 bits per heavy atom. The first kappa shape index (κ1) is 11.3. The van der Waals surface area contributed by atoms with Gasteiger partial charge in [-0.3, -0.25) is 0 Å². The van der Waals surface area contributed by atoms with Crippen molar-refractivity contribution >= 4 is 55.1 Å². The number of rotatable bonds is 1. The lowest BCUT2D eigenvalue weighted by Crippen LogP contribution is -2.20. The summed E-state index contributed by atoms with van der Waals surface area (Å²) in [5, 5.41) is 6.69. The first-order valence-corrected chi connectivity index (χ1v) is 11.3. The molecule has 0 saturated heterocycles. The van der Waals surface area contributed by atoms with Crippen molar-refractivity contribution in [3.05, 3.63) is 29.2 Å². The minimum absolute atomic E-state index is 1.09. The highest BCUT2D eigenvalue weighted by Crippen LogP contribution is 2.54. The largest absolute Gasteiger partial charge is 0.0895 e. The molecule has 0 aromatic heterocycles. The topological polar surface area (TPSA) is 0 Å². The molecule has 14 heavy (non-hydrogen) atoms. The third-order valence-corrected chi connectivity index (χ3v) is 10.6. The van der Waals surface area contributed by atoms with E-state index in [0.29, 0.717) is 0 Å². The highest BCUT2D eigenvalue weighted by molar-refractivity contribution is 8.34. The van der Waals surface area contributed by atoms with Crippen LogP contribution >= 0.6 is 47.0 Å². The zero-order chi connectivity index (χ0) is 10.2. The molecule has 0 aliphatic carbocycles. The molecule has 0 N–H and O–H groups in total. The molecule has 2 aliphatic rings. The lowest BCUT2D eigenvalue weighted by Gasteiger charge is -2.16. The van der Waals surface area contributed by atoms with Gasteiger partial charge in [0.25, 0.3) is 0 Å². The standard InChI is InChI=1S/C9H12S4Si/c1-14(2,3)7-6-12-9(13-7)8-10-4-5-11-8/h4-6H,1-3H3. The van der Waals surface area contributed by atoms with Crippen LogP contribution in [0.15, 0.2) is 29.2 Å². The molecule has 0 unspecified atom stereocenters. The van der Waals surface area contributed by atoms with Crippen molar-refractivity contribution < 1.29 is 0 Å². The van der Waals surface area contributed by atoms with Crippen molar-refractivity contribution in [3.8, 4) is 0 Å². The molecular formula is C9H12S4Si. The fraction of sp³-hybridized carbons (Fsp3) is 0.333. The van der Waals surface area contributed by atoms with Gasteiger partial charge < -0.3 is 0 Å². The minimum atomic E-state index is -1.09. The molecule has 0 atom stereocenters. The lowest BCUT2D eigenvalue weighted by atomic mass is 11.2. The van der Waals surface area contributed by atoms with E-state index in [0.717, 1.165) is 0 Å². The molecule has 2 aliphatic heterocycles. The van der Waals surface area contributed by atoms with Gasteiger partial charge in [-0.2, -0.15) is 0 Å². The average Bonchev–Trinajstić information content (AvgIpc) is 2.73. The van der Waals surface area contributed by atoms with Gasteiger partial charge in [-0.05, 0) is 20.8 Å². The highest BCUT2D eigenvalue weighted by Gasteiger charge is 2.27. The maximum atomic E-state index is 2.41. The van der Waals surface area contributed by atoms with E-state index in [1.807, 2.05) is 47.0 Å². The summed E-state index contributed by atoms with van der Waals surface area (Å²) in [4.78, 5) is 0. The van der Waals surface area contributed by atoms with Crippen molar-refractivity contribution in [2.75, 3.05) is 0 Å². The van der Waals surface area contributed by atoms with Gasteiger partial charge in [-0.1, -0.05) is 66.7 Å². The number of hydrogen-bond donors (Lipinski definition) is 0. The van der Waals surface area contributed by atoms with E-state index in [-0.39, 0.29) is 0 Å². The van der Waals surface area contributed by atoms with Crippen LogP contribution in [0, 0.1) is 0 Å². The van der Waals surface area contributed by atoms with Crippen LogP contribution in [-0.4, -0.2) is 8.07 Å². The molecule has 0 saturated carbocycles. The fourth-order valence-electron chi connectivity index (χ4n) is 0.978. The maximum Gasteiger partial charge on any atom is 0.0869 e. The fourth-order valence-corrected chi connectivity index (χ4v) is 8.41. The molecular weight excluding hydrogens is 264 g/mol. The van der Waals surface area contributed by atoms with E-state index in [4.69, 9.17) is 0 Å². The van der Waals surface area contributed by atoms with Gasteiger partial charge in [0.2, 0.25) is 0 Å². The molecule has 5 heteroatoms. The Kier molecular flexibility index (Phi) is 3.54. The van der Waals surface area contributed by atoms with Gasteiger partial charge in [-0.15, -0.1) is 0 Å². The molecule has 0 spiro atoms. The Morgan fingerprint density at radius 2 is 1.57 bits per heavy atom. The van der Waals surface area contributed by atoms with Crippen LogP contribution in [0.25, 0.3) is 0 Å². The SMILES string of the molecule is C[Si](C)(C)C1=CSC(=C2SC=CS2)S1. The first-order valence-electron chi connectivity index (χ1n) is 4.35. The summed E-state index contributed by atoms with van der Waals surface area (Å²) in [7, 11) is -1.09. The third-order valence-electron chi connectivity index (χ3n) is 1.79. The third kappa shape index (κ3) is 2.50. The molecule has 0 aromatic rings. The van der Waals surface area contributed by atoms with E-state index in [2.05, 4.69) is 35.9 Å². The van der Waals surface area contributed by atoms with Crippen molar-refractivity contribution in [1.29, 1.82) is 0 Å². The Labute approximate surface area is 103 Å². The zero-order valence-corrected chi connectivity index (χ0v) is 12.6. The summed E-state index contributed by atoms with van der Waals surface area (Å²) in [6, 6.07) is 0. The molecule has 2 rings (SSSR count). The molecule has 0 aromatic carbocycles. The van der Waals surface area contributed by atoms with Crippen molar-refractivity contribution in [1.82, 2.24) is 0 Å². The van der Waals surface area contributed by atoms with Crippen LogP contribution in [0.2, 0.25) is 19.6 Å². The quantitative estimate of drug-likeness (QED) is 0.599. The summed E-state index contributed by atoms with van der Waals surface area (Å²) in [6.07, 6.45) is 0. The van der Waals surface area contributed by atoms with E-state index < -0.39 is 8.07 Å². The summed E-state index contributed by atoms with van der Waals surface area (Å²) < 4.78 is 4.57. The van der Waals surface area contributed by atoms with Gasteiger partial charge in [0.1, 0.15) is 0 Å². The number of thioether (sulfide) groups is 4. The second-order valence-electron chi connectivity index (χ2n) is 4.03. The second-order valence-corrected chi connectivity index (χ2v) is 13.7. The van der Waals surface area contributed by atoms with Crippen LogP contribution < -0.4 is 0 Å². The van der Waals surface area contributed by atoms with Crippen molar-refractivity contribution in [2.24, 2.45) is 0 Å². The molecule has 2 heterocycles. The highest BCUT2D eigenvalue weighted by atomic mass is 32.2. The smallest absolute Gasteiger partial charge is 0.0869 e. The van der Waals surface area contributed by atoms with Crippen molar-refractivity contribution in [3.63, 3.8) is 0 Å². The van der Waals surface area contributed by atoms with Crippen LogP contribution in [-0.2, 0) is 0 Å². The van der Waals surface area contributed by atoms with Gasteiger partial charge in [0, 0.05) is 0 Å². The van der Waals surface area contributed by atoms with E-state index in [1.54, 1.807) is 4.53 Å². The van der Waals surface area contributed by atoms with E-state index >= 15 is 0 Å². The van der Waals surface area contributed by atoms with Crippen LogP contribution in [0.1, 0.15) is 0 Å². The second kappa shape index (κ2) is 4.37. The van der Waals surface area contributed by atoms with Crippen molar-refractivity contribution in [2.45, 2.75) is 19.6 Å². The van der Waals surface area contributed by atoms with Gasteiger partial charge >= 0.3 is 0 Å². The van der Waals surface area contributed by atoms with Crippen LogP contribution in [0.5, 0.6) is 0 Å². The molecule has 0 fully saturated rings. The zero-order valence-electron chi connectivity index (χ0n) is 8.37. The Balaban J connectivity index is 2.09. The average molecular weight is 277 g/mol. The normalized spacial score (nSPS) is 22.1. The summed E-state index contributed by atoms with van der Waals surface area (Å²) >= 11 is 7.62. The van der Waals surface area contributed by atoms with Gasteiger partial charge in [0.05, 0.1) is 16.5 Å². The van der Waals surface area contributed by atoms with Crippen LogP contribution in [0.4, 0.5) is 0 Å². The van der Waals surface area contributed by atoms with E-state index in [1.165, 1.54) is 8.47 Å². The molecule has 0 bridgehead atoms. The molecule has 0 amide bonds.